The molecule has 0 aliphatic carbocycles. The molecule has 1 amide bonds. The van der Waals surface area contributed by atoms with Crippen molar-refractivity contribution < 1.29 is 4.79 Å². The number of nitrogens with one attached hydrogen (secondary N) is 1. The summed E-state index contributed by atoms with van der Waals surface area (Å²) in [6.07, 6.45) is 3.66. The molecule has 0 aliphatic rings. The number of anilines is 1. The van der Waals surface area contributed by atoms with Crippen LogP contribution in [0.1, 0.15) is 17.0 Å². The molecule has 6 heteroatoms. The summed E-state index contributed by atoms with van der Waals surface area (Å²) in [5, 5.41) is 8.13. The monoisotopic (exact) mass is 295 g/mol. The largest absolute Gasteiger partial charge is 0.324 e. The van der Waals surface area contributed by atoms with Gasteiger partial charge in [0.05, 0.1) is 24.0 Å². The van der Waals surface area contributed by atoms with E-state index < -0.39 is 0 Å². The van der Waals surface area contributed by atoms with Gasteiger partial charge in [0.15, 0.2) is 5.65 Å². The standard InChI is InChI=1S/C16H17N5O/c1-10-4-5-12(8-17-10)6-15(22)19-13-7-14-11(2)20-21(3)16(14)18-9-13/h4-5,7-9H,6H2,1-3H3,(H,19,22). The van der Waals surface area contributed by atoms with Crippen molar-refractivity contribution in [3.05, 3.63) is 47.5 Å². The number of rotatable bonds is 3. The highest BCUT2D eigenvalue weighted by atomic mass is 16.1. The first kappa shape index (κ1) is 14.2. The molecular weight excluding hydrogens is 278 g/mol. The van der Waals surface area contributed by atoms with Gasteiger partial charge in [0.1, 0.15) is 0 Å². The van der Waals surface area contributed by atoms with Crippen LogP contribution in [-0.4, -0.2) is 25.7 Å². The highest BCUT2D eigenvalue weighted by Crippen LogP contribution is 2.19. The summed E-state index contributed by atoms with van der Waals surface area (Å²) in [6, 6.07) is 5.71. The second kappa shape index (κ2) is 5.55. The van der Waals surface area contributed by atoms with Crippen LogP contribution in [0.5, 0.6) is 0 Å². The predicted octanol–water partition coefficient (Wildman–Crippen LogP) is 2.16. The summed E-state index contributed by atoms with van der Waals surface area (Å²) in [7, 11) is 1.85. The van der Waals surface area contributed by atoms with Crippen molar-refractivity contribution in [2.45, 2.75) is 20.3 Å². The second-order valence-electron chi connectivity index (χ2n) is 5.34. The van der Waals surface area contributed by atoms with Crippen LogP contribution in [0.25, 0.3) is 11.0 Å². The molecule has 0 radical (unpaired) electrons. The van der Waals surface area contributed by atoms with Gasteiger partial charge in [0.2, 0.25) is 5.91 Å². The molecule has 3 aromatic rings. The minimum Gasteiger partial charge on any atom is -0.324 e. The molecule has 3 aromatic heterocycles. The lowest BCUT2D eigenvalue weighted by Crippen LogP contribution is -2.14. The summed E-state index contributed by atoms with van der Waals surface area (Å²) < 4.78 is 1.73. The van der Waals surface area contributed by atoms with E-state index in [1.807, 2.05) is 39.1 Å². The maximum Gasteiger partial charge on any atom is 0.228 e. The van der Waals surface area contributed by atoms with Crippen molar-refractivity contribution in [3.8, 4) is 0 Å². The van der Waals surface area contributed by atoms with Gasteiger partial charge in [-0.05, 0) is 31.5 Å². The third kappa shape index (κ3) is 2.81. The number of pyridine rings is 2. The molecule has 0 bridgehead atoms. The van der Waals surface area contributed by atoms with E-state index in [9.17, 15) is 4.79 Å². The van der Waals surface area contributed by atoms with Crippen molar-refractivity contribution in [2.75, 3.05) is 5.32 Å². The fourth-order valence-electron chi connectivity index (χ4n) is 2.37. The van der Waals surface area contributed by atoms with Crippen molar-refractivity contribution in [1.82, 2.24) is 19.7 Å². The smallest absolute Gasteiger partial charge is 0.228 e. The van der Waals surface area contributed by atoms with E-state index in [4.69, 9.17) is 0 Å². The SMILES string of the molecule is Cc1ccc(CC(=O)Nc2cnc3c(c2)c(C)nn3C)cn1. The maximum atomic E-state index is 12.1. The Hall–Kier alpha value is -2.76. The maximum absolute atomic E-state index is 12.1. The van der Waals surface area contributed by atoms with E-state index in [1.165, 1.54) is 0 Å². The van der Waals surface area contributed by atoms with E-state index in [0.29, 0.717) is 5.69 Å². The molecule has 6 nitrogen and oxygen atoms in total. The van der Waals surface area contributed by atoms with Crippen LogP contribution in [0.4, 0.5) is 5.69 Å². The number of carbonyl (C=O) groups excluding carboxylic acids is 1. The van der Waals surface area contributed by atoms with E-state index in [1.54, 1.807) is 17.1 Å². The average molecular weight is 295 g/mol. The fourth-order valence-corrected chi connectivity index (χ4v) is 2.37. The lowest BCUT2D eigenvalue weighted by molar-refractivity contribution is -0.115. The van der Waals surface area contributed by atoms with Crippen molar-refractivity contribution in [2.24, 2.45) is 7.05 Å². The van der Waals surface area contributed by atoms with Gasteiger partial charge in [0, 0.05) is 24.3 Å². The number of amides is 1. The molecule has 22 heavy (non-hydrogen) atoms. The molecule has 0 spiro atoms. The topological polar surface area (TPSA) is 72.7 Å². The number of nitrogens with zero attached hydrogens (tertiary/aromatic N) is 4. The number of fused-ring (bicyclic) bond motifs is 1. The molecule has 0 atom stereocenters. The molecule has 0 unspecified atom stereocenters. The normalized spacial score (nSPS) is 10.9. The zero-order valence-electron chi connectivity index (χ0n) is 12.8. The van der Waals surface area contributed by atoms with Crippen LogP contribution in [0, 0.1) is 13.8 Å². The molecule has 0 fully saturated rings. The zero-order valence-corrected chi connectivity index (χ0v) is 12.8. The van der Waals surface area contributed by atoms with Crippen molar-refractivity contribution in [1.29, 1.82) is 0 Å². The Morgan fingerprint density at radius 2 is 2.05 bits per heavy atom. The van der Waals surface area contributed by atoms with Gasteiger partial charge in [-0.15, -0.1) is 0 Å². The number of carbonyl (C=O) groups is 1. The Balaban J connectivity index is 1.76. The predicted molar refractivity (Wildman–Crippen MR) is 84.6 cm³/mol. The van der Waals surface area contributed by atoms with Gasteiger partial charge in [-0.25, -0.2) is 4.98 Å². The van der Waals surface area contributed by atoms with Gasteiger partial charge in [-0.3, -0.25) is 14.5 Å². The molecule has 1 N–H and O–H groups in total. The van der Waals surface area contributed by atoms with Gasteiger partial charge >= 0.3 is 0 Å². The molecule has 0 aromatic carbocycles. The van der Waals surface area contributed by atoms with Crippen LogP contribution >= 0.6 is 0 Å². The highest BCUT2D eigenvalue weighted by molar-refractivity contribution is 5.94. The van der Waals surface area contributed by atoms with E-state index in [0.717, 1.165) is 28.0 Å². The number of aryl methyl sites for hydroxylation is 3. The highest BCUT2D eigenvalue weighted by Gasteiger charge is 2.09. The summed E-state index contributed by atoms with van der Waals surface area (Å²) in [5.74, 6) is -0.0895. The third-order valence-electron chi connectivity index (χ3n) is 3.48. The van der Waals surface area contributed by atoms with Crippen LogP contribution in [-0.2, 0) is 18.3 Å². The van der Waals surface area contributed by atoms with Gasteiger partial charge in [0.25, 0.3) is 0 Å². The summed E-state index contributed by atoms with van der Waals surface area (Å²) in [4.78, 5) is 20.6. The van der Waals surface area contributed by atoms with Crippen LogP contribution < -0.4 is 5.32 Å². The van der Waals surface area contributed by atoms with Gasteiger partial charge < -0.3 is 5.32 Å². The third-order valence-corrected chi connectivity index (χ3v) is 3.48. The minimum atomic E-state index is -0.0895. The molecule has 0 saturated heterocycles. The second-order valence-corrected chi connectivity index (χ2v) is 5.34. The van der Waals surface area contributed by atoms with E-state index in [2.05, 4.69) is 20.4 Å². The van der Waals surface area contributed by atoms with Crippen LogP contribution in [0.15, 0.2) is 30.6 Å². The van der Waals surface area contributed by atoms with Crippen molar-refractivity contribution in [3.63, 3.8) is 0 Å². The average Bonchev–Trinajstić information content (AvgIpc) is 2.76. The van der Waals surface area contributed by atoms with Crippen LogP contribution in [0.3, 0.4) is 0 Å². The van der Waals surface area contributed by atoms with Crippen LogP contribution in [0.2, 0.25) is 0 Å². The number of hydrogen-bond acceptors (Lipinski definition) is 4. The molecule has 3 rings (SSSR count). The Kier molecular flexibility index (Phi) is 3.58. The lowest BCUT2D eigenvalue weighted by atomic mass is 10.2. The number of aromatic nitrogens is 4. The minimum absolute atomic E-state index is 0.0895. The summed E-state index contributed by atoms with van der Waals surface area (Å²) in [6.45, 7) is 3.84. The molecular formula is C16H17N5O. The molecule has 3 heterocycles. The van der Waals surface area contributed by atoms with Gasteiger partial charge in [-0.1, -0.05) is 6.07 Å². The zero-order chi connectivity index (χ0) is 15.7. The summed E-state index contributed by atoms with van der Waals surface area (Å²) >= 11 is 0. The Morgan fingerprint density at radius 3 is 2.77 bits per heavy atom. The Bertz CT molecular complexity index is 836. The first-order chi connectivity index (χ1) is 10.5. The van der Waals surface area contributed by atoms with E-state index >= 15 is 0 Å². The lowest BCUT2D eigenvalue weighted by Gasteiger charge is -2.05. The van der Waals surface area contributed by atoms with E-state index in [-0.39, 0.29) is 12.3 Å². The molecule has 0 saturated carbocycles. The van der Waals surface area contributed by atoms with Gasteiger partial charge in [-0.2, -0.15) is 5.10 Å². The molecule has 0 aliphatic heterocycles. The Morgan fingerprint density at radius 1 is 1.23 bits per heavy atom. The quantitative estimate of drug-likeness (QED) is 0.803. The van der Waals surface area contributed by atoms with Crippen molar-refractivity contribution >= 4 is 22.6 Å². The molecule has 112 valence electrons. The first-order valence-corrected chi connectivity index (χ1v) is 7.03. The summed E-state index contributed by atoms with van der Waals surface area (Å²) in [5.41, 5.74) is 4.19. The number of hydrogen-bond donors (Lipinski definition) is 1. The fraction of sp³-hybridized carbons (Fsp3) is 0.250. The Labute approximate surface area is 128 Å². The first-order valence-electron chi connectivity index (χ1n) is 7.03.